The molecule has 2 aromatic carbocycles. The molecule has 132 valence electrons. The maximum absolute atomic E-state index is 13.6. The van der Waals surface area contributed by atoms with E-state index >= 15 is 0 Å². The number of carbonyl (C=O) groups is 1. The molecule has 0 atom stereocenters. The Balaban J connectivity index is 1.59. The summed E-state index contributed by atoms with van der Waals surface area (Å²) in [5.41, 5.74) is 2.49. The largest absolute Gasteiger partial charge is 0.344 e. The molecule has 0 saturated carbocycles. The third-order valence-electron chi connectivity index (χ3n) is 4.01. The first-order chi connectivity index (χ1) is 12.6. The van der Waals surface area contributed by atoms with Crippen molar-refractivity contribution in [3.63, 3.8) is 0 Å². The molecule has 0 saturated heterocycles. The molecule has 0 fully saturated rings. The maximum atomic E-state index is 13.6. The van der Waals surface area contributed by atoms with Crippen molar-refractivity contribution in [2.75, 3.05) is 16.1 Å². The van der Waals surface area contributed by atoms with Crippen LogP contribution < -0.4 is 10.2 Å². The molecule has 1 aromatic heterocycles. The molecular formula is C18H16FN5OS. The van der Waals surface area contributed by atoms with Gasteiger partial charge in [0.25, 0.3) is 0 Å². The smallest absolute Gasteiger partial charge is 0.221 e. The lowest BCUT2D eigenvalue weighted by molar-refractivity contribution is -0.114. The van der Waals surface area contributed by atoms with Crippen molar-refractivity contribution >= 4 is 29.0 Å². The van der Waals surface area contributed by atoms with E-state index in [0.29, 0.717) is 18.1 Å². The van der Waals surface area contributed by atoms with Gasteiger partial charge in [-0.15, -0.1) is 10.2 Å². The summed E-state index contributed by atoms with van der Waals surface area (Å²) < 4.78 is 15.5. The van der Waals surface area contributed by atoms with Crippen LogP contribution in [-0.4, -0.2) is 26.5 Å². The fourth-order valence-electron chi connectivity index (χ4n) is 2.83. The van der Waals surface area contributed by atoms with Gasteiger partial charge in [0.2, 0.25) is 5.91 Å². The van der Waals surface area contributed by atoms with E-state index in [-0.39, 0.29) is 11.7 Å². The molecule has 26 heavy (non-hydrogen) atoms. The quantitative estimate of drug-likeness (QED) is 0.765. The van der Waals surface area contributed by atoms with E-state index in [1.807, 2.05) is 34.9 Å². The van der Waals surface area contributed by atoms with Crippen molar-refractivity contribution in [1.29, 1.82) is 0 Å². The summed E-state index contributed by atoms with van der Waals surface area (Å²) in [4.78, 5) is 13.3. The Kier molecular flexibility index (Phi) is 4.34. The number of halogens is 1. The van der Waals surface area contributed by atoms with Crippen molar-refractivity contribution in [2.24, 2.45) is 0 Å². The second kappa shape index (κ2) is 6.80. The Hall–Kier alpha value is -2.87. The Morgan fingerprint density at radius 2 is 2.00 bits per heavy atom. The SMILES string of the molecule is CC(=O)Nc1ccc(N2CSc3nnc(-c4cccc(F)c4)n3C2)cc1. The molecule has 1 N–H and O–H groups in total. The van der Waals surface area contributed by atoms with Gasteiger partial charge in [-0.2, -0.15) is 0 Å². The Morgan fingerprint density at radius 1 is 1.19 bits per heavy atom. The number of thioether (sulfide) groups is 1. The van der Waals surface area contributed by atoms with Gasteiger partial charge in [0, 0.05) is 23.9 Å². The lowest BCUT2D eigenvalue weighted by Crippen LogP contribution is -2.30. The van der Waals surface area contributed by atoms with Gasteiger partial charge < -0.3 is 10.2 Å². The van der Waals surface area contributed by atoms with Crippen molar-refractivity contribution in [2.45, 2.75) is 18.7 Å². The molecule has 8 heteroatoms. The van der Waals surface area contributed by atoms with E-state index in [1.54, 1.807) is 17.8 Å². The topological polar surface area (TPSA) is 63.1 Å². The van der Waals surface area contributed by atoms with Crippen LogP contribution >= 0.6 is 11.8 Å². The number of anilines is 2. The third-order valence-corrected chi connectivity index (χ3v) is 5.02. The minimum absolute atomic E-state index is 0.0971. The second-order valence-electron chi connectivity index (χ2n) is 5.93. The molecule has 4 rings (SSSR count). The lowest BCUT2D eigenvalue weighted by Gasteiger charge is -2.29. The van der Waals surface area contributed by atoms with Crippen LogP contribution in [0, 0.1) is 5.82 Å². The number of benzene rings is 2. The van der Waals surface area contributed by atoms with Gasteiger partial charge in [0.15, 0.2) is 11.0 Å². The number of nitrogens with zero attached hydrogens (tertiary/aromatic N) is 4. The molecule has 0 radical (unpaired) electrons. The van der Waals surface area contributed by atoms with Crippen molar-refractivity contribution in [1.82, 2.24) is 14.8 Å². The van der Waals surface area contributed by atoms with E-state index in [2.05, 4.69) is 20.4 Å². The van der Waals surface area contributed by atoms with Gasteiger partial charge in [-0.3, -0.25) is 9.36 Å². The Morgan fingerprint density at radius 3 is 2.73 bits per heavy atom. The molecule has 0 spiro atoms. The summed E-state index contributed by atoms with van der Waals surface area (Å²) in [6.07, 6.45) is 0. The third kappa shape index (κ3) is 3.28. The zero-order valence-electron chi connectivity index (χ0n) is 14.0. The summed E-state index contributed by atoms with van der Waals surface area (Å²) in [5, 5.41) is 12.0. The number of amides is 1. The molecule has 0 unspecified atom stereocenters. The monoisotopic (exact) mass is 369 g/mol. The molecule has 0 aliphatic carbocycles. The highest BCUT2D eigenvalue weighted by atomic mass is 32.2. The molecule has 1 amide bonds. The van der Waals surface area contributed by atoms with E-state index in [9.17, 15) is 9.18 Å². The van der Waals surface area contributed by atoms with Crippen LogP contribution in [0.15, 0.2) is 53.7 Å². The van der Waals surface area contributed by atoms with E-state index in [0.717, 1.165) is 22.4 Å². The first kappa shape index (κ1) is 16.6. The van der Waals surface area contributed by atoms with Gasteiger partial charge in [0.05, 0.1) is 12.5 Å². The number of hydrogen-bond acceptors (Lipinski definition) is 5. The van der Waals surface area contributed by atoms with Crippen molar-refractivity contribution < 1.29 is 9.18 Å². The van der Waals surface area contributed by atoms with Crippen molar-refractivity contribution in [3.8, 4) is 11.4 Å². The molecule has 1 aliphatic heterocycles. The number of aromatic nitrogens is 3. The van der Waals surface area contributed by atoms with Gasteiger partial charge in [-0.25, -0.2) is 4.39 Å². The summed E-state index contributed by atoms with van der Waals surface area (Å²) in [7, 11) is 0. The fourth-order valence-corrected chi connectivity index (χ4v) is 3.73. The van der Waals surface area contributed by atoms with Crippen LogP contribution in [0.5, 0.6) is 0 Å². The molecular weight excluding hydrogens is 353 g/mol. The predicted octanol–water partition coefficient (Wildman–Crippen LogP) is 3.57. The number of hydrogen-bond donors (Lipinski definition) is 1. The summed E-state index contributed by atoms with van der Waals surface area (Å²) >= 11 is 1.58. The number of nitrogens with one attached hydrogen (secondary N) is 1. The first-order valence-corrected chi connectivity index (χ1v) is 9.03. The molecule has 0 bridgehead atoms. The highest BCUT2D eigenvalue weighted by Gasteiger charge is 2.22. The maximum Gasteiger partial charge on any atom is 0.221 e. The normalized spacial score (nSPS) is 13.4. The minimum Gasteiger partial charge on any atom is -0.344 e. The first-order valence-electron chi connectivity index (χ1n) is 8.05. The van der Waals surface area contributed by atoms with Crippen LogP contribution in [-0.2, 0) is 11.5 Å². The van der Waals surface area contributed by atoms with E-state index < -0.39 is 0 Å². The highest BCUT2D eigenvalue weighted by molar-refractivity contribution is 7.99. The van der Waals surface area contributed by atoms with Crippen LogP contribution in [0.25, 0.3) is 11.4 Å². The summed E-state index contributed by atoms with van der Waals surface area (Å²) in [5.74, 6) is 0.987. The minimum atomic E-state index is -0.297. The van der Waals surface area contributed by atoms with Crippen LogP contribution in [0.3, 0.4) is 0 Å². The zero-order chi connectivity index (χ0) is 18.1. The number of rotatable bonds is 3. The van der Waals surface area contributed by atoms with Crippen LogP contribution in [0.2, 0.25) is 0 Å². The molecule has 3 aromatic rings. The van der Waals surface area contributed by atoms with Crippen LogP contribution in [0.4, 0.5) is 15.8 Å². The Bertz CT molecular complexity index is 956. The number of carbonyl (C=O) groups excluding carboxylic acids is 1. The summed E-state index contributed by atoms with van der Waals surface area (Å²) in [6.45, 7) is 2.05. The average Bonchev–Trinajstić information content (AvgIpc) is 3.05. The van der Waals surface area contributed by atoms with Crippen LogP contribution in [0.1, 0.15) is 6.92 Å². The van der Waals surface area contributed by atoms with Crippen molar-refractivity contribution in [3.05, 3.63) is 54.3 Å². The van der Waals surface area contributed by atoms with Gasteiger partial charge >= 0.3 is 0 Å². The van der Waals surface area contributed by atoms with E-state index in [1.165, 1.54) is 19.1 Å². The van der Waals surface area contributed by atoms with Gasteiger partial charge in [0.1, 0.15) is 5.82 Å². The Labute approximate surface area is 154 Å². The number of fused-ring (bicyclic) bond motifs is 1. The van der Waals surface area contributed by atoms with E-state index in [4.69, 9.17) is 0 Å². The molecule has 6 nitrogen and oxygen atoms in total. The lowest BCUT2D eigenvalue weighted by atomic mass is 10.2. The fraction of sp³-hybridized carbons (Fsp3) is 0.167. The molecule has 2 heterocycles. The second-order valence-corrected chi connectivity index (χ2v) is 6.84. The summed E-state index contributed by atoms with van der Waals surface area (Å²) in [6, 6.07) is 14.0. The highest BCUT2D eigenvalue weighted by Crippen LogP contribution is 2.32. The average molecular weight is 369 g/mol. The molecule has 1 aliphatic rings. The zero-order valence-corrected chi connectivity index (χ0v) is 14.8. The van der Waals surface area contributed by atoms with Gasteiger partial charge in [-0.1, -0.05) is 23.9 Å². The standard InChI is InChI=1S/C18H16FN5OS/c1-12(25)20-15-5-7-16(8-6-15)23-10-24-17(21-22-18(24)26-11-23)13-3-2-4-14(19)9-13/h2-9H,10-11H2,1H3,(H,20,25). The predicted molar refractivity (Wildman–Crippen MR) is 99.4 cm³/mol. The van der Waals surface area contributed by atoms with Gasteiger partial charge in [-0.05, 0) is 36.4 Å².